The summed E-state index contributed by atoms with van der Waals surface area (Å²) in [5.74, 6) is 0.663. The van der Waals surface area contributed by atoms with E-state index in [2.05, 4.69) is 5.10 Å². The summed E-state index contributed by atoms with van der Waals surface area (Å²) < 4.78 is 25.6. The van der Waals surface area contributed by atoms with E-state index in [0.29, 0.717) is 5.82 Å². The maximum absolute atomic E-state index is 11.4. The van der Waals surface area contributed by atoms with E-state index in [4.69, 9.17) is 0 Å². The minimum atomic E-state index is -3.17. The lowest BCUT2D eigenvalue weighted by Gasteiger charge is -2.17. The van der Waals surface area contributed by atoms with Crippen molar-refractivity contribution < 1.29 is 8.42 Å². The average molecular weight is 203 g/mol. The first-order chi connectivity index (χ1) is 5.99. The van der Waals surface area contributed by atoms with Gasteiger partial charge >= 0.3 is 0 Å². The highest BCUT2D eigenvalue weighted by molar-refractivity contribution is 7.92. The molecule has 13 heavy (non-hydrogen) atoms. The van der Waals surface area contributed by atoms with Crippen LogP contribution < -0.4 is 4.31 Å². The van der Waals surface area contributed by atoms with Crippen molar-refractivity contribution in [3.05, 3.63) is 12.3 Å². The van der Waals surface area contributed by atoms with Crippen molar-refractivity contribution >= 4 is 15.8 Å². The molecule has 0 aliphatic heterocycles. The van der Waals surface area contributed by atoms with E-state index in [0.717, 1.165) is 0 Å². The van der Waals surface area contributed by atoms with Gasteiger partial charge in [-0.25, -0.2) is 8.42 Å². The second-order valence-electron chi connectivity index (χ2n) is 2.68. The van der Waals surface area contributed by atoms with Gasteiger partial charge in [-0.1, -0.05) is 0 Å². The van der Waals surface area contributed by atoms with Gasteiger partial charge in [0.1, 0.15) is 5.82 Å². The molecule has 0 amide bonds. The number of nitrogens with zero attached hydrogens (tertiary/aromatic N) is 3. The smallest absolute Gasteiger partial charge is 0.235 e. The Labute approximate surface area is 78.0 Å². The van der Waals surface area contributed by atoms with Gasteiger partial charge < -0.3 is 0 Å². The molecule has 0 saturated carbocycles. The van der Waals surface area contributed by atoms with Crippen molar-refractivity contribution in [1.82, 2.24) is 9.78 Å². The summed E-state index contributed by atoms with van der Waals surface area (Å²) >= 11 is 0. The maximum Gasteiger partial charge on any atom is 0.235 e. The number of hydrogen-bond acceptors (Lipinski definition) is 3. The predicted octanol–water partition coefficient (Wildman–Crippen LogP) is 0.206. The largest absolute Gasteiger partial charge is 0.257 e. The van der Waals surface area contributed by atoms with Crippen LogP contribution in [0.2, 0.25) is 0 Å². The molecule has 6 heteroatoms. The normalized spacial score (nSPS) is 11.6. The van der Waals surface area contributed by atoms with E-state index in [9.17, 15) is 8.42 Å². The highest BCUT2D eigenvalue weighted by atomic mass is 32.2. The lowest BCUT2D eigenvalue weighted by Crippen LogP contribution is -2.29. The SMILES string of the molecule is CCS(=O)(=O)N(C)c1ccnn1C. The zero-order chi connectivity index (χ0) is 10.1. The van der Waals surface area contributed by atoms with E-state index < -0.39 is 10.0 Å². The van der Waals surface area contributed by atoms with Crippen LogP contribution in [0.15, 0.2) is 12.3 Å². The van der Waals surface area contributed by atoms with E-state index in [1.54, 1.807) is 26.2 Å². The van der Waals surface area contributed by atoms with Crippen molar-refractivity contribution in [3.8, 4) is 0 Å². The molecule has 74 valence electrons. The third kappa shape index (κ3) is 1.82. The van der Waals surface area contributed by atoms with Crippen molar-refractivity contribution in [2.75, 3.05) is 17.1 Å². The summed E-state index contributed by atoms with van der Waals surface area (Å²) in [5.41, 5.74) is 0. The molecule has 0 bridgehead atoms. The molecule has 1 aromatic rings. The highest BCUT2D eigenvalue weighted by Gasteiger charge is 2.17. The quantitative estimate of drug-likeness (QED) is 0.705. The van der Waals surface area contributed by atoms with Gasteiger partial charge in [0.25, 0.3) is 0 Å². The summed E-state index contributed by atoms with van der Waals surface area (Å²) in [6.45, 7) is 1.61. The molecule has 0 saturated heterocycles. The minimum absolute atomic E-state index is 0.0919. The predicted molar refractivity (Wildman–Crippen MR) is 51.1 cm³/mol. The van der Waals surface area contributed by atoms with Gasteiger partial charge in [0.2, 0.25) is 10.0 Å². The standard InChI is InChI=1S/C7H13N3O2S/c1-4-13(11,12)10(3)7-5-6-8-9(7)2/h5-6H,4H2,1-3H3. The number of hydrogen-bond donors (Lipinski definition) is 0. The van der Waals surface area contributed by atoms with Gasteiger partial charge in [-0.15, -0.1) is 0 Å². The molecule has 0 unspecified atom stereocenters. The Balaban J connectivity index is 3.05. The fourth-order valence-electron chi connectivity index (χ4n) is 1.01. The fraction of sp³-hybridized carbons (Fsp3) is 0.571. The first kappa shape index (κ1) is 10.0. The molecule has 1 aromatic heterocycles. The van der Waals surface area contributed by atoms with Crippen LogP contribution in [0.4, 0.5) is 5.82 Å². The van der Waals surface area contributed by atoms with Crippen LogP contribution >= 0.6 is 0 Å². The number of rotatable bonds is 3. The first-order valence-corrected chi connectivity index (χ1v) is 5.54. The third-order valence-corrected chi connectivity index (χ3v) is 3.65. The second kappa shape index (κ2) is 3.37. The van der Waals surface area contributed by atoms with Crippen molar-refractivity contribution in [1.29, 1.82) is 0 Å². The average Bonchev–Trinajstić information content (AvgIpc) is 2.50. The fourth-order valence-corrected chi connectivity index (χ4v) is 1.86. The first-order valence-electron chi connectivity index (χ1n) is 3.93. The Hall–Kier alpha value is -1.04. The molecule has 0 radical (unpaired) electrons. The molecular weight excluding hydrogens is 190 g/mol. The van der Waals surface area contributed by atoms with Gasteiger partial charge in [0.05, 0.1) is 11.9 Å². The topological polar surface area (TPSA) is 55.2 Å². The molecular formula is C7H13N3O2S. The third-order valence-electron chi connectivity index (χ3n) is 1.90. The van der Waals surface area contributed by atoms with Gasteiger partial charge in [0.15, 0.2) is 0 Å². The molecule has 0 fully saturated rings. The molecule has 0 N–H and O–H groups in total. The molecule has 0 aromatic carbocycles. The molecule has 1 heterocycles. The number of aryl methyl sites for hydroxylation is 1. The molecule has 0 spiro atoms. The van der Waals surface area contributed by atoms with Gasteiger partial charge in [-0.05, 0) is 6.92 Å². The number of anilines is 1. The molecule has 0 aliphatic carbocycles. The highest BCUT2D eigenvalue weighted by Crippen LogP contribution is 2.13. The molecule has 0 atom stereocenters. The van der Waals surface area contributed by atoms with E-state index in [1.165, 1.54) is 16.0 Å². The van der Waals surface area contributed by atoms with Crippen molar-refractivity contribution in [2.24, 2.45) is 7.05 Å². The van der Waals surface area contributed by atoms with Crippen LogP contribution in [0.3, 0.4) is 0 Å². The molecule has 1 rings (SSSR count). The van der Waals surface area contributed by atoms with Crippen molar-refractivity contribution in [2.45, 2.75) is 6.92 Å². The minimum Gasteiger partial charge on any atom is -0.257 e. The molecule has 5 nitrogen and oxygen atoms in total. The van der Waals surface area contributed by atoms with Gasteiger partial charge in [-0.3, -0.25) is 8.99 Å². The van der Waals surface area contributed by atoms with Crippen LogP contribution in [0.1, 0.15) is 6.92 Å². The summed E-state index contributed by atoms with van der Waals surface area (Å²) in [5, 5.41) is 3.90. The van der Waals surface area contributed by atoms with Crippen LogP contribution in [0.25, 0.3) is 0 Å². The van der Waals surface area contributed by atoms with Crippen molar-refractivity contribution in [3.63, 3.8) is 0 Å². The van der Waals surface area contributed by atoms with Crippen LogP contribution in [0, 0.1) is 0 Å². The van der Waals surface area contributed by atoms with Crippen LogP contribution in [0.5, 0.6) is 0 Å². The van der Waals surface area contributed by atoms with Gasteiger partial charge in [-0.2, -0.15) is 5.10 Å². The summed E-state index contributed by atoms with van der Waals surface area (Å²) in [6.07, 6.45) is 1.57. The number of aromatic nitrogens is 2. The van der Waals surface area contributed by atoms with Crippen LogP contribution in [-0.4, -0.2) is 31.0 Å². The summed E-state index contributed by atoms with van der Waals surface area (Å²) in [6, 6.07) is 1.66. The zero-order valence-electron chi connectivity index (χ0n) is 7.93. The zero-order valence-corrected chi connectivity index (χ0v) is 8.74. The lowest BCUT2D eigenvalue weighted by molar-refractivity contribution is 0.593. The van der Waals surface area contributed by atoms with E-state index in [-0.39, 0.29) is 5.75 Å². The Morgan fingerprint density at radius 1 is 1.62 bits per heavy atom. The van der Waals surface area contributed by atoms with Crippen LogP contribution in [-0.2, 0) is 17.1 Å². The Bertz CT molecular complexity index is 382. The Morgan fingerprint density at radius 3 is 2.62 bits per heavy atom. The maximum atomic E-state index is 11.4. The molecule has 0 aliphatic rings. The summed E-state index contributed by atoms with van der Waals surface area (Å²) in [4.78, 5) is 0. The van der Waals surface area contributed by atoms with E-state index >= 15 is 0 Å². The Kier molecular flexibility index (Phi) is 2.60. The lowest BCUT2D eigenvalue weighted by atomic mass is 10.6. The van der Waals surface area contributed by atoms with Gasteiger partial charge in [0, 0.05) is 20.2 Å². The monoisotopic (exact) mass is 203 g/mol. The Morgan fingerprint density at radius 2 is 2.23 bits per heavy atom. The summed E-state index contributed by atoms with van der Waals surface area (Å²) in [7, 11) is 0.0579. The second-order valence-corrected chi connectivity index (χ2v) is 4.97. The van der Waals surface area contributed by atoms with E-state index in [1.807, 2.05) is 0 Å². The number of sulfonamides is 1.